The van der Waals surface area contributed by atoms with Crippen LogP contribution in [0, 0.1) is 11.7 Å². The molecule has 4 heterocycles. The van der Waals surface area contributed by atoms with Crippen molar-refractivity contribution in [2.24, 2.45) is 17.4 Å². The fourth-order valence-electron chi connectivity index (χ4n) is 5.51. The molecule has 11 nitrogen and oxygen atoms in total. The van der Waals surface area contributed by atoms with E-state index in [0.717, 1.165) is 12.1 Å². The molecule has 41 heavy (non-hydrogen) atoms. The van der Waals surface area contributed by atoms with Gasteiger partial charge in [0.25, 0.3) is 11.8 Å². The zero-order valence-corrected chi connectivity index (χ0v) is 23.4. The molecule has 212 valence electrons. The maximum Gasteiger partial charge on any atom is 0.253 e. The maximum absolute atomic E-state index is 14.0. The Morgan fingerprint density at radius 2 is 1.80 bits per heavy atom. The highest BCUT2D eigenvalue weighted by Crippen LogP contribution is 2.47. The first kappa shape index (κ1) is 28.3. The number of hydrogen-bond acceptors (Lipinski definition) is 9. The highest BCUT2D eigenvalue weighted by Gasteiger charge is 2.58. The van der Waals surface area contributed by atoms with E-state index in [1.807, 2.05) is 0 Å². The summed E-state index contributed by atoms with van der Waals surface area (Å²) in [5, 5.41) is 8.72. The van der Waals surface area contributed by atoms with E-state index in [0.29, 0.717) is 41.8 Å². The molecule has 0 bridgehead atoms. The second-order valence-electron chi connectivity index (χ2n) is 9.98. The lowest BCUT2D eigenvalue weighted by molar-refractivity contribution is -0.140. The lowest BCUT2D eigenvalue weighted by Gasteiger charge is -2.49. The van der Waals surface area contributed by atoms with Gasteiger partial charge in [0.15, 0.2) is 11.3 Å². The molecule has 0 aliphatic carbocycles. The van der Waals surface area contributed by atoms with E-state index in [9.17, 15) is 18.8 Å². The van der Waals surface area contributed by atoms with Crippen molar-refractivity contribution in [3.8, 4) is 11.3 Å². The predicted molar refractivity (Wildman–Crippen MR) is 150 cm³/mol. The van der Waals surface area contributed by atoms with Gasteiger partial charge in [-0.05, 0) is 70.6 Å². The number of pyridine rings is 1. The zero-order valence-electron chi connectivity index (χ0n) is 21.8. The number of aromatic nitrogens is 3. The number of nitrogens with zero attached hydrogens (tertiary/aromatic N) is 4. The van der Waals surface area contributed by atoms with Gasteiger partial charge in [-0.2, -0.15) is 10.2 Å². The van der Waals surface area contributed by atoms with Crippen LogP contribution in [0.3, 0.4) is 0 Å². The number of Topliss-reactive ketones (excluding diaryl/α,β-unsaturated/α-hetero) is 1. The van der Waals surface area contributed by atoms with Crippen molar-refractivity contribution < 1.29 is 23.5 Å². The molecule has 2 unspecified atom stereocenters. The van der Waals surface area contributed by atoms with Gasteiger partial charge < -0.3 is 26.8 Å². The molecule has 2 atom stereocenters. The van der Waals surface area contributed by atoms with Crippen molar-refractivity contribution in [2.45, 2.75) is 24.3 Å². The number of amides is 2. The van der Waals surface area contributed by atoms with Crippen molar-refractivity contribution >= 4 is 39.3 Å². The Kier molecular flexibility index (Phi) is 7.82. The van der Waals surface area contributed by atoms with Gasteiger partial charge in [-0.3, -0.25) is 14.4 Å². The van der Waals surface area contributed by atoms with E-state index in [4.69, 9.17) is 21.9 Å². The molecule has 1 saturated heterocycles. The molecule has 2 aromatic heterocycles. The van der Waals surface area contributed by atoms with Crippen molar-refractivity contribution in [1.29, 1.82) is 0 Å². The topological polar surface area (TPSA) is 180 Å². The standard InChI is InChI=1S/C28H27BrFN7O4/c29-17-11-19(25(31)34-12-17)21-5-6-22(36-35-21)28(27(33)40)23(16-1-3-18(30)4-2-16)24(38)20(26(32)39)14-37(28)13-15-7-9-41-10-8-15/h1-6,11-12,14-15,23H,7-10,13H2,(H2,31,34)(H2,32,39)(H2,33,40). The van der Waals surface area contributed by atoms with Crippen LogP contribution in [-0.2, 0) is 24.7 Å². The Balaban J connectivity index is 1.73. The van der Waals surface area contributed by atoms with Gasteiger partial charge in [0.2, 0.25) is 0 Å². The normalized spacial score (nSPS) is 21.4. The number of ketones is 1. The van der Waals surface area contributed by atoms with Crippen molar-refractivity contribution in [3.63, 3.8) is 0 Å². The summed E-state index contributed by atoms with van der Waals surface area (Å²) in [6.45, 7) is 1.27. The fraction of sp³-hybridized carbons (Fsp3) is 0.286. The van der Waals surface area contributed by atoms with E-state index < -0.39 is 34.9 Å². The third-order valence-electron chi connectivity index (χ3n) is 7.54. The number of hydrogen-bond donors (Lipinski definition) is 3. The van der Waals surface area contributed by atoms with Crippen LogP contribution >= 0.6 is 15.9 Å². The minimum atomic E-state index is -1.93. The number of rotatable bonds is 7. The van der Waals surface area contributed by atoms with Gasteiger partial charge >= 0.3 is 0 Å². The highest BCUT2D eigenvalue weighted by molar-refractivity contribution is 9.10. The summed E-state index contributed by atoms with van der Waals surface area (Å²) >= 11 is 3.36. The fourth-order valence-corrected chi connectivity index (χ4v) is 5.84. The zero-order chi connectivity index (χ0) is 29.3. The number of nitrogen functional groups attached to an aromatic ring is 1. The number of anilines is 1. The minimum absolute atomic E-state index is 0.0368. The van der Waals surface area contributed by atoms with Crippen molar-refractivity contribution in [3.05, 3.63) is 82.0 Å². The molecule has 3 aromatic rings. The first-order valence-electron chi connectivity index (χ1n) is 12.8. The highest BCUT2D eigenvalue weighted by atomic mass is 79.9. The molecule has 5 rings (SSSR count). The average Bonchev–Trinajstić information content (AvgIpc) is 2.96. The quantitative estimate of drug-likeness (QED) is 0.332. The summed E-state index contributed by atoms with van der Waals surface area (Å²) < 4.78 is 20.1. The Hall–Kier alpha value is -4.23. The lowest BCUT2D eigenvalue weighted by atomic mass is 9.68. The first-order valence-corrected chi connectivity index (χ1v) is 13.6. The van der Waals surface area contributed by atoms with Crippen LogP contribution < -0.4 is 17.2 Å². The Morgan fingerprint density at radius 1 is 1.10 bits per heavy atom. The summed E-state index contributed by atoms with van der Waals surface area (Å²) in [4.78, 5) is 45.9. The van der Waals surface area contributed by atoms with Crippen molar-refractivity contribution in [2.75, 3.05) is 25.5 Å². The van der Waals surface area contributed by atoms with Crippen LogP contribution in [0.1, 0.15) is 30.0 Å². The van der Waals surface area contributed by atoms with Crippen LogP contribution in [0.5, 0.6) is 0 Å². The smallest absolute Gasteiger partial charge is 0.253 e. The van der Waals surface area contributed by atoms with E-state index in [2.05, 4.69) is 31.1 Å². The molecule has 2 amide bonds. The van der Waals surface area contributed by atoms with Crippen LogP contribution in [0.4, 0.5) is 10.2 Å². The molecule has 0 spiro atoms. The summed E-state index contributed by atoms with van der Waals surface area (Å²) in [6, 6.07) is 9.94. The molecule has 0 radical (unpaired) electrons. The molecule has 0 saturated carbocycles. The minimum Gasteiger partial charge on any atom is -0.383 e. The first-order chi connectivity index (χ1) is 19.6. The van der Waals surface area contributed by atoms with E-state index in [1.165, 1.54) is 24.4 Å². The molecule has 1 fully saturated rings. The number of halogens is 2. The number of nitrogens with two attached hydrogens (primary N) is 3. The molecule has 2 aliphatic heterocycles. The predicted octanol–water partition coefficient (Wildman–Crippen LogP) is 2.17. The molecule has 6 N–H and O–H groups in total. The van der Waals surface area contributed by atoms with E-state index in [-0.39, 0.29) is 35.1 Å². The van der Waals surface area contributed by atoms with Gasteiger partial charge in [-0.1, -0.05) is 12.1 Å². The lowest BCUT2D eigenvalue weighted by Crippen LogP contribution is -2.62. The van der Waals surface area contributed by atoms with Gasteiger partial charge in [-0.25, -0.2) is 9.37 Å². The van der Waals surface area contributed by atoms with Gasteiger partial charge in [0.1, 0.15) is 11.6 Å². The summed E-state index contributed by atoms with van der Waals surface area (Å²) in [5.41, 5.74) is 16.8. The SMILES string of the molecule is NC(=O)C1=CN(CC2CCOCC2)C(C(N)=O)(c2ccc(-c3cc(Br)cnc3N)nn2)C(c2ccc(F)cc2)C1=O. The van der Waals surface area contributed by atoms with Crippen LogP contribution in [-0.4, -0.2) is 57.4 Å². The summed E-state index contributed by atoms with van der Waals surface area (Å²) in [5.74, 6) is -4.28. The maximum atomic E-state index is 14.0. The molecule has 1 aromatic carbocycles. The molecule has 2 aliphatic rings. The van der Waals surface area contributed by atoms with Gasteiger partial charge in [0.05, 0.1) is 22.9 Å². The van der Waals surface area contributed by atoms with Crippen LogP contribution in [0.15, 0.2) is 64.9 Å². The number of benzene rings is 1. The third kappa shape index (κ3) is 5.18. The number of ether oxygens (including phenoxy) is 1. The summed E-state index contributed by atoms with van der Waals surface area (Å²) in [7, 11) is 0. The molecular formula is C28H27BrFN7O4. The largest absolute Gasteiger partial charge is 0.383 e. The number of primary amides is 2. The monoisotopic (exact) mass is 623 g/mol. The van der Waals surface area contributed by atoms with Crippen LogP contribution in [0.25, 0.3) is 11.3 Å². The van der Waals surface area contributed by atoms with E-state index in [1.54, 1.807) is 23.2 Å². The Bertz CT molecular complexity index is 1530. The van der Waals surface area contributed by atoms with E-state index >= 15 is 0 Å². The molecule has 13 heteroatoms. The summed E-state index contributed by atoms with van der Waals surface area (Å²) in [6.07, 6.45) is 4.19. The Morgan fingerprint density at radius 3 is 2.41 bits per heavy atom. The second kappa shape index (κ2) is 11.3. The van der Waals surface area contributed by atoms with Crippen LogP contribution in [0.2, 0.25) is 0 Å². The van der Waals surface area contributed by atoms with Crippen molar-refractivity contribution in [1.82, 2.24) is 20.1 Å². The number of carbonyl (C=O) groups excluding carboxylic acids is 3. The third-order valence-corrected chi connectivity index (χ3v) is 7.97. The average molecular weight is 624 g/mol. The second-order valence-corrected chi connectivity index (χ2v) is 10.9. The van der Waals surface area contributed by atoms with Gasteiger partial charge in [-0.15, -0.1) is 0 Å². The molecular weight excluding hydrogens is 597 g/mol. The van der Waals surface area contributed by atoms with Gasteiger partial charge in [0, 0.05) is 42.2 Å². The number of carbonyl (C=O) groups is 3. The Labute approximate surface area is 243 Å².